The summed E-state index contributed by atoms with van der Waals surface area (Å²) >= 11 is 0. The summed E-state index contributed by atoms with van der Waals surface area (Å²) in [5.74, 6) is 0.923. The van der Waals surface area contributed by atoms with Gasteiger partial charge in [-0.2, -0.15) is 0 Å². The Labute approximate surface area is 100 Å². The summed E-state index contributed by atoms with van der Waals surface area (Å²) in [4.78, 5) is 0. The van der Waals surface area contributed by atoms with E-state index in [-0.39, 0.29) is 0 Å². The van der Waals surface area contributed by atoms with E-state index in [2.05, 4.69) is 18.8 Å². The van der Waals surface area contributed by atoms with E-state index < -0.39 is 0 Å². The van der Waals surface area contributed by atoms with E-state index in [0.717, 1.165) is 30.7 Å². The smallest absolute Gasteiger partial charge is 0.0672 e. The first-order valence-electron chi connectivity index (χ1n) is 6.64. The predicted molar refractivity (Wildman–Crippen MR) is 69.7 cm³/mol. The van der Waals surface area contributed by atoms with Crippen LogP contribution in [0.25, 0.3) is 0 Å². The summed E-state index contributed by atoms with van der Waals surface area (Å²) in [5, 5.41) is 3.60. The van der Waals surface area contributed by atoms with Crippen molar-refractivity contribution < 1.29 is 4.74 Å². The van der Waals surface area contributed by atoms with Crippen LogP contribution < -0.4 is 5.32 Å². The van der Waals surface area contributed by atoms with E-state index in [9.17, 15) is 0 Å². The Morgan fingerprint density at radius 1 is 1.31 bits per heavy atom. The fourth-order valence-electron chi connectivity index (χ4n) is 2.27. The molecule has 0 aromatic rings. The molecule has 16 heavy (non-hydrogen) atoms. The first kappa shape index (κ1) is 13.7. The molecule has 2 atom stereocenters. The molecule has 94 valence electrons. The second-order valence-electron chi connectivity index (χ2n) is 5.27. The molecule has 2 nitrogen and oxygen atoms in total. The van der Waals surface area contributed by atoms with Gasteiger partial charge < -0.3 is 10.1 Å². The van der Waals surface area contributed by atoms with Gasteiger partial charge in [-0.05, 0) is 32.1 Å². The number of ether oxygens (including phenoxy) is 1. The SMILES string of the molecule is C=C(C)COCCNC1CCCC(C)CC1. The van der Waals surface area contributed by atoms with E-state index in [0.29, 0.717) is 6.61 Å². The number of rotatable bonds is 6. The zero-order valence-corrected chi connectivity index (χ0v) is 10.9. The van der Waals surface area contributed by atoms with Crippen molar-refractivity contribution in [3.05, 3.63) is 12.2 Å². The molecule has 1 N–H and O–H groups in total. The molecule has 0 bridgehead atoms. The van der Waals surface area contributed by atoms with Crippen molar-refractivity contribution >= 4 is 0 Å². The maximum absolute atomic E-state index is 5.48. The maximum atomic E-state index is 5.48. The Kier molecular flexibility index (Phi) is 6.74. The fourth-order valence-corrected chi connectivity index (χ4v) is 2.27. The molecule has 1 aliphatic carbocycles. The van der Waals surface area contributed by atoms with Gasteiger partial charge in [0.2, 0.25) is 0 Å². The molecule has 0 spiro atoms. The molecule has 1 rings (SSSR count). The van der Waals surface area contributed by atoms with Crippen molar-refractivity contribution in [1.29, 1.82) is 0 Å². The molecule has 0 aromatic carbocycles. The van der Waals surface area contributed by atoms with Crippen molar-refractivity contribution in [3.8, 4) is 0 Å². The summed E-state index contributed by atoms with van der Waals surface area (Å²) in [6, 6.07) is 0.721. The topological polar surface area (TPSA) is 21.3 Å². The largest absolute Gasteiger partial charge is 0.376 e. The monoisotopic (exact) mass is 225 g/mol. The summed E-state index contributed by atoms with van der Waals surface area (Å²) in [6.07, 6.45) is 6.84. The summed E-state index contributed by atoms with van der Waals surface area (Å²) in [5.41, 5.74) is 1.10. The number of hydrogen-bond acceptors (Lipinski definition) is 2. The third kappa shape index (κ3) is 6.29. The minimum absolute atomic E-state index is 0.698. The molecule has 1 aliphatic rings. The van der Waals surface area contributed by atoms with Gasteiger partial charge in [0.1, 0.15) is 0 Å². The highest BCUT2D eigenvalue weighted by atomic mass is 16.5. The predicted octanol–water partition coefficient (Wildman–Crippen LogP) is 3.14. The number of nitrogens with one attached hydrogen (secondary N) is 1. The van der Waals surface area contributed by atoms with Crippen molar-refractivity contribution in [2.24, 2.45) is 5.92 Å². The van der Waals surface area contributed by atoms with Gasteiger partial charge in [0, 0.05) is 12.6 Å². The van der Waals surface area contributed by atoms with Crippen molar-refractivity contribution in [2.45, 2.75) is 52.0 Å². The lowest BCUT2D eigenvalue weighted by molar-refractivity contribution is 0.154. The van der Waals surface area contributed by atoms with Gasteiger partial charge in [-0.15, -0.1) is 0 Å². The third-order valence-electron chi connectivity index (χ3n) is 3.29. The molecule has 0 aliphatic heterocycles. The Morgan fingerprint density at radius 3 is 2.88 bits per heavy atom. The van der Waals surface area contributed by atoms with Crippen molar-refractivity contribution in [3.63, 3.8) is 0 Å². The highest BCUT2D eigenvalue weighted by Crippen LogP contribution is 2.22. The molecular weight excluding hydrogens is 198 g/mol. The second-order valence-corrected chi connectivity index (χ2v) is 5.27. The van der Waals surface area contributed by atoms with Gasteiger partial charge in [0.15, 0.2) is 0 Å². The fraction of sp³-hybridized carbons (Fsp3) is 0.857. The van der Waals surface area contributed by atoms with Crippen LogP contribution >= 0.6 is 0 Å². The van der Waals surface area contributed by atoms with Crippen LogP contribution in [0.15, 0.2) is 12.2 Å². The van der Waals surface area contributed by atoms with E-state index in [1.165, 1.54) is 32.1 Å². The zero-order valence-electron chi connectivity index (χ0n) is 10.9. The molecule has 0 heterocycles. The van der Waals surface area contributed by atoms with Crippen LogP contribution in [0.4, 0.5) is 0 Å². The molecule has 2 heteroatoms. The van der Waals surface area contributed by atoms with Crippen LogP contribution in [0.1, 0.15) is 46.0 Å². The van der Waals surface area contributed by atoms with E-state index >= 15 is 0 Å². The normalized spacial score (nSPS) is 26.4. The van der Waals surface area contributed by atoms with Crippen LogP contribution in [0, 0.1) is 5.92 Å². The molecule has 0 saturated heterocycles. The highest BCUT2D eigenvalue weighted by Gasteiger charge is 2.14. The van der Waals surface area contributed by atoms with Crippen LogP contribution in [-0.2, 0) is 4.74 Å². The van der Waals surface area contributed by atoms with Crippen molar-refractivity contribution in [1.82, 2.24) is 5.32 Å². The van der Waals surface area contributed by atoms with Gasteiger partial charge in [-0.1, -0.05) is 31.9 Å². The molecular formula is C14H27NO. The van der Waals surface area contributed by atoms with Gasteiger partial charge in [-0.25, -0.2) is 0 Å². The van der Waals surface area contributed by atoms with Crippen LogP contribution in [-0.4, -0.2) is 25.8 Å². The van der Waals surface area contributed by atoms with Gasteiger partial charge in [-0.3, -0.25) is 0 Å². The van der Waals surface area contributed by atoms with E-state index in [4.69, 9.17) is 4.74 Å². The third-order valence-corrected chi connectivity index (χ3v) is 3.29. The average molecular weight is 225 g/mol. The maximum Gasteiger partial charge on any atom is 0.0672 e. The minimum Gasteiger partial charge on any atom is -0.376 e. The standard InChI is InChI=1S/C14H27NO/c1-12(2)11-16-10-9-15-14-6-4-5-13(3)7-8-14/h13-15H,1,4-11H2,2-3H3. The Balaban J connectivity index is 2.01. The van der Waals surface area contributed by atoms with Crippen LogP contribution in [0.5, 0.6) is 0 Å². The van der Waals surface area contributed by atoms with Gasteiger partial charge in [0.05, 0.1) is 13.2 Å². The first-order valence-corrected chi connectivity index (χ1v) is 6.64. The second kappa shape index (κ2) is 7.86. The minimum atomic E-state index is 0.698. The quantitative estimate of drug-likeness (QED) is 0.426. The molecule has 0 radical (unpaired) electrons. The van der Waals surface area contributed by atoms with Crippen LogP contribution in [0.3, 0.4) is 0 Å². The van der Waals surface area contributed by atoms with Gasteiger partial charge in [0.25, 0.3) is 0 Å². The first-order chi connectivity index (χ1) is 7.68. The molecule has 2 unspecified atom stereocenters. The molecule has 1 saturated carbocycles. The summed E-state index contributed by atoms with van der Waals surface area (Å²) in [7, 11) is 0. The lowest BCUT2D eigenvalue weighted by Gasteiger charge is -2.16. The number of hydrogen-bond donors (Lipinski definition) is 1. The van der Waals surface area contributed by atoms with Crippen LogP contribution in [0.2, 0.25) is 0 Å². The summed E-state index contributed by atoms with van der Waals surface area (Å²) < 4.78 is 5.48. The van der Waals surface area contributed by atoms with E-state index in [1.54, 1.807) is 0 Å². The van der Waals surface area contributed by atoms with E-state index in [1.807, 2.05) is 6.92 Å². The molecule has 0 aromatic heterocycles. The molecule has 0 amide bonds. The molecule has 1 fully saturated rings. The zero-order chi connectivity index (χ0) is 11.8. The average Bonchev–Trinajstić information content (AvgIpc) is 2.43. The Bertz CT molecular complexity index is 203. The lowest BCUT2D eigenvalue weighted by atomic mass is 10.0. The Hall–Kier alpha value is -0.340. The van der Waals surface area contributed by atoms with Crippen molar-refractivity contribution in [2.75, 3.05) is 19.8 Å². The highest BCUT2D eigenvalue weighted by molar-refractivity contribution is 4.87. The lowest BCUT2D eigenvalue weighted by Crippen LogP contribution is -2.31. The summed E-state index contributed by atoms with van der Waals surface area (Å²) in [6.45, 7) is 10.7. The Morgan fingerprint density at radius 2 is 2.12 bits per heavy atom. The van der Waals surface area contributed by atoms with Gasteiger partial charge >= 0.3 is 0 Å².